The van der Waals surface area contributed by atoms with E-state index in [1.165, 1.54) is 43.4 Å². The number of anilines is 1. The molecule has 3 rings (SSSR count). The number of nitrogens with zero attached hydrogens (tertiary/aromatic N) is 2. The van der Waals surface area contributed by atoms with Crippen LogP contribution in [-0.2, 0) is 0 Å². The summed E-state index contributed by atoms with van der Waals surface area (Å²) in [6.07, 6.45) is 6.59. The van der Waals surface area contributed by atoms with Gasteiger partial charge in [0.05, 0.1) is 11.2 Å². The fourth-order valence-electron chi connectivity index (χ4n) is 3.35. The van der Waals surface area contributed by atoms with E-state index in [9.17, 15) is 0 Å². The molecule has 1 aromatic carbocycles. The summed E-state index contributed by atoms with van der Waals surface area (Å²) in [7, 11) is 0. The average Bonchev–Trinajstić information content (AvgIpc) is 2.81. The zero-order valence-corrected chi connectivity index (χ0v) is 11.9. The van der Waals surface area contributed by atoms with E-state index in [-0.39, 0.29) is 0 Å². The van der Waals surface area contributed by atoms with Crippen molar-refractivity contribution in [3.63, 3.8) is 0 Å². The Morgan fingerprint density at radius 3 is 2.63 bits per heavy atom. The summed E-state index contributed by atoms with van der Waals surface area (Å²) in [5.41, 5.74) is 9.07. The molecule has 3 nitrogen and oxygen atoms in total. The molecular formula is C16H23N3. The second kappa shape index (κ2) is 4.87. The van der Waals surface area contributed by atoms with Crippen LogP contribution in [0.2, 0.25) is 0 Å². The van der Waals surface area contributed by atoms with Gasteiger partial charge in [0.2, 0.25) is 0 Å². The van der Waals surface area contributed by atoms with Gasteiger partial charge in [-0.2, -0.15) is 0 Å². The zero-order valence-electron chi connectivity index (χ0n) is 11.9. The van der Waals surface area contributed by atoms with Crippen LogP contribution in [0.1, 0.15) is 63.7 Å². The zero-order chi connectivity index (χ0) is 13.4. The fourth-order valence-corrected chi connectivity index (χ4v) is 3.35. The molecule has 0 atom stereocenters. The van der Waals surface area contributed by atoms with Crippen LogP contribution in [0.25, 0.3) is 11.0 Å². The Labute approximate surface area is 114 Å². The molecule has 1 aliphatic carbocycles. The van der Waals surface area contributed by atoms with Gasteiger partial charge in [-0.1, -0.05) is 25.3 Å². The van der Waals surface area contributed by atoms with Crippen molar-refractivity contribution in [3.8, 4) is 0 Å². The minimum Gasteiger partial charge on any atom is -0.397 e. The first-order valence-corrected chi connectivity index (χ1v) is 7.45. The van der Waals surface area contributed by atoms with E-state index in [2.05, 4.69) is 24.5 Å². The molecule has 1 fully saturated rings. The third-order valence-electron chi connectivity index (χ3n) is 4.27. The number of rotatable bonds is 2. The SMILES string of the molecule is CC(C)n1c(C2CCCCC2)nc2c(N)cccc21. The lowest BCUT2D eigenvalue weighted by atomic mass is 9.88. The molecule has 0 spiro atoms. The molecule has 0 bridgehead atoms. The Morgan fingerprint density at radius 2 is 1.95 bits per heavy atom. The van der Waals surface area contributed by atoms with Crippen molar-refractivity contribution in [2.24, 2.45) is 0 Å². The Bertz CT molecular complexity index is 577. The van der Waals surface area contributed by atoms with Gasteiger partial charge in [0.15, 0.2) is 0 Å². The van der Waals surface area contributed by atoms with Gasteiger partial charge in [-0.3, -0.25) is 0 Å². The fraction of sp³-hybridized carbons (Fsp3) is 0.562. The summed E-state index contributed by atoms with van der Waals surface area (Å²) in [5, 5.41) is 0. The van der Waals surface area contributed by atoms with Gasteiger partial charge in [0.1, 0.15) is 11.3 Å². The summed E-state index contributed by atoms with van der Waals surface area (Å²) in [6, 6.07) is 6.56. The number of hydrogen-bond donors (Lipinski definition) is 1. The van der Waals surface area contributed by atoms with Gasteiger partial charge in [-0.25, -0.2) is 4.98 Å². The van der Waals surface area contributed by atoms with Crippen molar-refractivity contribution in [3.05, 3.63) is 24.0 Å². The van der Waals surface area contributed by atoms with Crippen LogP contribution in [0.15, 0.2) is 18.2 Å². The lowest BCUT2D eigenvalue weighted by Gasteiger charge is -2.23. The number of hydrogen-bond acceptors (Lipinski definition) is 2. The van der Waals surface area contributed by atoms with Crippen molar-refractivity contribution < 1.29 is 0 Å². The predicted molar refractivity (Wildman–Crippen MR) is 80.4 cm³/mol. The molecule has 1 heterocycles. The largest absolute Gasteiger partial charge is 0.397 e. The second-order valence-corrected chi connectivity index (χ2v) is 5.98. The minimum absolute atomic E-state index is 0.434. The van der Waals surface area contributed by atoms with Gasteiger partial charge in [0.25, 0.3) is 0 Å². The van der Waals surface area contributed by atoms with E-state index in [0.717, 1.165) is 11.2 Å². The molecule has 3 heteroatoms. The second-order valence-electron chi connectivity index (χ2n) is 5.98. The van der Waals surface area contributed by atoms with Gasteiger partial charge < -0.3 is 10.3 Å². The molecule has 2 aromatic rings. The smallest absolute Gasteiger partial charge is 0.113 e. The van der Waals surface area contributed by atoms with Crippen LogP contribution in [0.5, 0.6) is 0 Å². The molecule has 1 aliphatic rings. The van der Waals surface area contributed by atoms with E-state index < -0.39 is 0 Å². The van der Waals surface area contributed by atoms with Crippen LogP contribution in [0.4, 0.5) is 5.69 Å². The van der Waals surface area contributed by atoms with Crippen molar-refractivity contribution in [2.45, 2.75) is 57.9 Å². The predicted octanol–water partition coefficient (Wildman–Crippen LogP) is 4.25. The van der Waals surface area contributed by atoms with Crippen LogP contribution >= 0.6 is 0 Å². The highest BCUT2D eigenvalue weighted by molar-refractivity contribution is 5.87. The van der Waals surface area contributed by atoms with E-state index in [1.807, 2.05) is 12.1 Å². The summed E-state index contributed by atoms with van der Waals surface area (Å²) in [5.74, 6) is 1.87. The topological polar surface area (TPSA) is 43.8 Å². The first kappa shape index (κ1) is 12.5. The first-order chi connectivity index (χ1) is 9.18. The Balaban J connectivity index is 2.17. The highest BCUT2D eigenvalue weighted by Gasteiger charge is 2.23. The molecule has 1 saturated carbocycles. The summed E-state index contributed by atoms with van der Waals surface area (Å²) in [4.78, 5) is 4.90. The van der Waals surface area contributed by atoms with E-state index in [1.54, 1.807) is 0 Å². The van der Waals surface area contributed by atoms with Crippen LogP contribution in [-0.4, -0.2) is 9.55 Å². The van der Waals surface area contributed by atoms with E-state index >= 15 is 0 Å². The number of imidazole rings is 1. The van der Waals surface area contributed by atoms with Gasteiger partial charge in [0, 0.05) is 12.0 Å². The molecule has 1 aromatic heterocycles. The van der Waals surface area contributed by atoms with Crippen LogP contribution in [0, 0.1) is 0 Å². The maximum Gasteiger partial charge on any atom is 0.113 e. The Hall–Kier alpha value is -1.51. The Kier molecular flexibility index (Phi) is 3.21. The van der Waals surface area contributed by atoms with Gasteiger partial charge in [-0.15, -0.1) is 0 Å². The molecule has 102 valence electrons. The average molecular weight is 257 g/mol. The molecule has 0 saturated heterocycles. The van der Waals surface area contributed by atoms with E-state index in [0.29, 0.717) is 12.0 Å². The number of fused-ring (bicyclic) bond motifs is 1. The lowest BCUT2D eigenvalue weighted by Crippen LogP contribution is -2.13. The molecule has 0 radical (unpaired) electrons. The maximum atomic E-state index is 6.09. The molecule has 19 heavy (non-hydrogen) atoms. The van der Waals surface area contributed by atoms with Gasteiger partial charge >= 0.3 is 0 Å². The minimum atomic E-state index is 0.434. The normalized spacial score (nSPS) is 17.4. The quantitative estimate of drug-likeness (QED) is 0.817. The van der Waals surface area contributed by atoms with E-state index in [4.69, 9.17) is 10.7 Å². The summed E-state index contributed by atoms with van der Waals surface area (Å²) >= 11 is 0. The highest BCUT2D eigenvalue weighted by atomic mass is 15.1. The van der Waals surface area contributed by atoms with Crippen LogP contribution < -0.4 is 5.73 Å². The first-order valence-electron chi connectivity index (χ1n) is 7.45. The number of aromatic nitrogens is 2. The third kappa shape index (κ3) is 2.11. The summed E-state index contributed by atoms with van der Waals surface area (Å²) in [6.45, 7) is 4.47. The summed E-state index contributed by atoms with van der Waals surface area (Å²) < 4.78 is 2.39. The van der Waals surface area contributed by atoms with Crippen molar-refractivity contribution >= 4 is 16.7 Å². The molecule has 0 aliphatic heterocycles. The van der Waals surface area contributed by atoms with Crippen LogP contribution in [0.3, 0.4) is 0 Å². The highest BCUT2D eigenvalue weighted by Crippen LogP contribution is 2.36. The van der Waals surface area contributed by atoms with Crippen molar-refractivity contribution in [1.29, 1.82) is 0 Å². The maximum absolute atomic E-state index is 6.09. The molecule has 0 unspecified atom stereocenters. The molecular weight excluding hydrogens is 234 g/mol. The standard InChI is InChI=1S/C16H23N3/c1-11(2)19-14-10-6-9-13(17)15(14)18-16(19)12-7-4-3-5-8-12/h6,9-12H,3-5,7-8,17H2,1-2H3. The monoisotopic (exact) mass is 257 g/mol. The molecule has 2 N–H and O–H groups in total. The lowest BCUT2D eigenvalue weighted by molar-refractivity contribution is 0.409. The van der Waals surface area contributed by atoms with Gasteiger partial charge in [-0.05, 0) is 38.8 Å². The number of nitrogens with two attached hydrogens (primary N) is 1. The number of para-hydroxylation sites is 1. The van der Waals surface area contributed by atoms with Crippen molar-refractivity contribution in [2.75, 3.05) is 5.73 Å². The third-order valence-corrected chi connectivity index (χ3v) is 4.27. The molecule has 0 amide bonds. The van der Waals surface area contributed by atoms with Crippen molar-refractivity contribution in [1.82, 2.24) is 9.55 Å². The number of benzene rings is 1. The Morgan fingerprint density at radius 1 is 1.21 bits per heavy atom. The number of nitrogen functional groups attached to an aromatic ring is 1.